The standard InChI is InChI=1S/C16H22O2/c1-5-7-8-15(17)13-9-11-14(12-10-13)18-16(3,4)6-2/h6,9-12H,2,5,7-8H2,1,3-4H3. The summed E-state index contributed by atoms with van der Waals surface area (Å²) in [6.07, 6.45) is 4.36. The lowest BCUT2D eigenvalue weighted by Crippen LogP contribution is -2.24. The highest BCUT2D eigenvalue weighted by molar-refractivity contribution is 5.96. The van der Waals surface area contributed by atoms with Crippen LogP contribution in [-0.4, -0.2) is 11.4 Å². The van der Waals surface area contributed by atoms with Gasteiger partial charge in [-0.15, -0.1) is 0 Å². The van der Waals surface area contributed by atoms with Crippen LogP contribution in [0.5, 0.6) is 5.75 Å². The van der Waals surface area contributed by atoms with Crippen molar-refractivity contribution < 1.29 is 9.53 Å². The molecule has 0 radical (unpaired) electrons. The molecule has 0 saturated heterocycles. The Morgan fingerprint density at radius 1 is 1.33 bits per heavy atom. The van der Waals surface area contributed by atoms with Crippen molar-refractivity contribution in [3.63, 3.8) is 0 Å². The number of rotatable bonds is 7. The third kappa shape index (κ3) is 4.36. The van der Waals surface area contributed by atoms with Crippen molar-refractivity contribution in [1.82, 2.24) is 0 Å². The number of ketones is 1. The number of hydrogen-bond donors (Lipinski definition) is 0. The summed E-state index contributed by atoms with van der Waals surface area (Å²) in [6.45, 7) is 9.70. The van der Waals surface area contributed by atoms with E-state index in [1.165, 1.54) is 0 Å². The molecule has 0 unspecified atom stereocenters. The summed E-state index contributed by atoms with van der Waals surface area (Å²) in [5.41, 5.74) is 0.362. The Morgan fingerprint density at radius 3 is 2.44 bits per heavy atom. The van der Waals surface area contributed by atoms with Gasteiger partial charge in [-0.05, 0) is 50.6 Å². The zero-order chi connectivity index (χ0) is 13.6. The molecule has 0 aliphatic rings. The minimum absolute atomic E-state index is 0.200. The molecule has 0 saturated carbocycles. The molecule has 0 amide bonds. The monoisotopic (exact) mass is 246 g/mol. The second-order valence-electron chi connectivity index (χ2n) is 4.96. The Hall–Kier alpha value is -1.57. The molecule has 0 spiro atoms. The first-order valence-electron chi connectivity index (χ1n) is 6.44. The highest BCUT2D eigenvalue weighted by Crippen LogP contribution is 2.20. The molecule has 0 heterocycles. The van der Waals surface area contributed by atoms with E-state index < -0.39 is 5.60 Å². The molecular weight excluding hydrogens is 224 g/mol. The number of ether oxygens (including phenoxy) is 1. The van der Waals surface area contributed by atoms with Crippen LogP contribution in [0.2, 0.25) is 0 Å². The van der Waals surface area contributed by atoms with E-state index in [2.05, 4.69) is 13.5 Å². The van der Waals surface area contributed by atoms with Gasteiger partial charge in [0, 0.05) is 12.0 Å². The number of unbranched alkanes of at least 4 members (excludes halogenated alkanes) is 1. The molecule has 0 aliphatic heterocycles. The van der Waals surface area contributed by atoms with Gasteiger partial charge in [-0.2, -0.15) is 0 Å². The van der Waals surface area contributed by atoms with E-state index in [1.54, 1.807) is 6.08 Å². The number of hydrogen-bond acceptors (Lipinski definition) is 2. The average Bonchev–Trinajstić information content (AvgIpc) is 2.36. The second kappa shape index (κ2) is 6.39. The zero-order valence-electron chi connectivity index (χ0n) is 11.5. The van der Waals surface area contributed by atoms with E-state index in [0.717, 1.165) is 24.2 Å². The van der Waals surface area contributed by atoms with Gasteiger partial charge in [0.25, 0.3) is 0 Å². The normalized spacial score (nSPS) is 11.1. The second-order valence-corrected chi connectivity index (χ2v) is 4.96. The molecule has 0 atom stereocenters. The molecule has 0 N–H and O–H groups in total. The lowest BCUT2D eigenvalue weighted by atomic mass is 10.1. The first-order chi connectivity index (χ1) is 8.48. The van der Waals surface area contributed by atoms with Crippen molar-refractivity contribution >= 4 is 5.78 Å². The van der Waals surface area contributed by atoms with Crippen LogP contribution in [0.3, 0.4) is 0 Å². The van der Waals surface area contributed by atoms with E-state index >= 15 is 0 Å². The molecule has 0 bridgehead atoms. The van der Waals surface area contributed by atoms with Gasteiger partial charge in [-0.3, -0.25) is 4.79 Å². The van der Waals surface area contributed by atoms with E-state index in [0.29, 0.717) is 6.42 Å². The highest BCUT2D eigenvalue weighted by Gasteiger charge is 2.14. The topological polar surface area (TPSA) is 26.3 Å². The Labute approximate surface area is 110 Å². The lowest BCUT2D eigenvalue weighted by molar-refractivity contribution is 0.0979. The van der Waals surface area contributed by atoms with E-state index in [-0.39, 0.29) is 5.78 Å². The van der Waals surface area contributed by atoms with Crippen LogP contribution in [0.15, 0.2) is 36.9 Å². The van der Waals surface area contributed by atoms with Gasteiger partial charge < -0.3 is 4.74 Å². The third-order valence-corrected chi connectivity index (χ3v) is 2.81. The van der Waals surface area contributed by atoms with E-state index in [1.807, 2.05) is 38.1 Å². The Morgan fingerprint density at radius 2 is 1.94 bits per heavy atom. The Bertz CT molecular complexity index is 402. The van der Waals surface area contributed by atoms with Crippen molar-refractivity contribution in [2.24, 2.45) is 0 Å². The molecule has 98 valence electrons. The van der Waals surface area contributed by atoms with Crippen LogP contribution in [0.1, 0.15) is 50.4 Å². The smallest absolute Gasteiger partial charge is 0.162 e. The Balaban J connectivity index is 2.68. The van der Waals surface area contributed by atoms with Crippen LogP contribution in [0, 0.1) is 0 Å². The zero-order valence-corrected chi connectivity index (χ0v) is 11.5. The predicted octanol–water partition coefficient (Wildman–Crippen LogP) is 4.40. The molecule has 0 fully saturated rings. The summed E-state index contributed by atoms with van der Waals surface area (Å²) in [5, 5.41) is 0. The fourth-order valence-corrected chi connectivity index (χ4v) is 1.54. The van der Waals surface area contributed by atoms with E-state index in [4.69, 9.17) is 4.74 Å². The SMILES string of the molecule is C=CC(C)(C)Oc1ccc(C(=O)CCCC)cc1. The number of benzene rings is 1. The van der Waals surface area contributed by atoms with Crippen molar-refractivity contribution in [3.05, 3.63) is 42.5 Å². The van der Waals surface area contributed by atoms with Crippen LogP contribution < -0.4 is 4.74 Å². The molecular formula is C16H22O2. The van der Waals surface area contributed by atoms with Crippen LogP contribution >= 0.6 is 0 Å². The van der Waals surface area contributed by atoms with Gasteiger partial charge in [-0.1, -0.05) is 19.9 Å². The summed E-state index contributed by atoms with van der Waals surface area (Å²) >= 11 is 0. The quantitative estimate of drug-likeness (QED) is 0.526. The molecule has 2 heteroatoms. The van der Waals surface area contributed by atoms with E-state index in [9.17, 15) is 4.79 Å². The summed E-state index contributed by atoms with van der Waals surface area (Å²) in [4.78, 5) is 11.8. The van der Waals surface area contributed by atoms with Crippen molar-refractivity contribution in [1.29, 1.82) is 0 Å². The van der Waals surface area contributed by atoms with Gasteiger partial charge in [0.2, 0.25) is 0 Å². The molecule has 1 rings (SSSR count). The largest absolute Gasteiger partial charge is 0.484 e. The van der Waals surface area contributed by atoms with Gasteiger partial charge in [0.1, 0.15) is 11.4 Å². The first-order valence-corrected chi connectivity index (χ1v) is 6.44. The number of Topliss-reactive ketones (excluding diaryl/α,β-unsaturated/α-hetero) is 1. The average molecular weight is 246 g/mol. The summed E-state index contributed by atoms with van der Waals surface area (Å²) in [6, 6.07) is 7.33. The summed E-state index contributed by atoms with van der Waals surface area (Å²) in [5.74, 6) is 0.957. The van der Waals surface area contributed by atoms with Crippen LogP contribution in [0.4, 0.5) is 0 Å². The Kier molecular flexibility index (Phi) is 5.14. The maximum atomic E-state index is 11.8. The van der Waals surface area contributed by atoms with Gasteiger partial charge in [0.15, 0.2) is 5.78 Å². The molecule has 18 heavy (non-hydrogen) atoms. The number of carbonyl (C=O) groups excluding carboxylic acids is 1. The molecule has 0 aliphatic carbocycles. The maximum Gasteiger partial charge on any atom is 0.162 e. The lowest BCUT2D eigenvalue weighted by Gasteiger charge is -2.22. The van der Waals surface area contributed by atoms with Gasteiger partial charge >= 0.3 is 0 Å². The van der Waals surface area contributed by atoms with Crippen molar-refractivity contribution in [2.75, 3.05) is 0 Å². The molecule has 1 aromatic carbocycles. The fraction of sp³-hybridized carbons (Fsp3) is 0.438. The minimum Gasteiger partial charge on any atom is -0.484 e. The van der Waals surface area contributed by atoms with Gasteiger partial charge in [0.05, 0.1) is 0 Å². The first kappa shape index (κ1) is 14.5. The van der Waals surface area contributed by atoms with Crippen molar-refractivity contribution in [2.45, 2.75) is 45.6 Å². The summed E-state index contributed by atoms with van der Waals surface area (Å²) < 4.78 is 5.74. The maximum absolute atomic E-state index is 11.8. The van der Waals surface area contributed by atoms with Crippen LogP contribution in [0.25, 0.3) is 0 Å². The molecule has 1 aromatic rings. The number of carbonyl (C=O) groups is 1. The molecule has 2 nitrogen and oxygen atoms in total. The highest BCUT2D eigenvalue weighted by atomic mass is 16.5. The van der Waals surface area contributed by atoms with Crippen molar-refractivity contribution in [3.8, 4) is 5.75 Å². The third-order valence-electron chi connectivity index (χ3n) is 2.81. The fourth-order valence-electron chi connectivity index (χ4n) is 1.54. The minimum atomic E-state index is -0.395. The van der Waals surface area contributed by atoms with Crippen LogP contribution in [-0.2, 0) is 0 Å². The van der Waals surface area contributed by atoms with Gasteiger partial charge in [-0.25, -0.2) is 0 Å². The molecule has 0 aromatic heterocycles. The summed E-state index contributed by atoms with van der Waals surface area (Å²) in [7, 11) is 0. The predicted molar refractivity (Wildman–Crippen MR) is 75.2 cm³/mol.